The molecular weight excluding hydrogens is 228 g/mol. The summed E-state index contributed by atoms with van der Waals surface area (Å²) in [7, 11) is 0. The van der Waals surface area contributed by atoms with E-state index >= 15 is 0 Å². The quantitative estimate of drug-likeness (QED) is 0.761. The van der Waals surface area contributed by atoms with Crippen molar-refractivity contribution in [3.8, 4) is 0 Å². The minimum absolute atomic E-state index is 0.136. The minimum Gasteiger partial charge on any atom is -0.393 e. The van der Waals surface area contributed by atoms with Gasteiger partial charge in [-0.3, -0.25) is 0 Å². The first kappa shape index (κ1) is 14.7. The van der Waals surface area contributed by atoms with Crippen LogP contribution in [0.1, 0.15) is 45.5 Å². The smallest absolute Gasteiger partial charge is 0.138 e. The van der Waals surface area contributed by atoms with Gasteiger partial charge in [0.1, 0.15) is 17.5 Å². The molecule has 0 aromatic carbocycles. The molecule has 0 radical (unpaired) electrons. The summed E-state index contributed by atoms with van der Waals surface area (Å²) in [6.07, 6.45) is 0.355. The summed E-state index contributed by atoms with van der Waals surface area (Å²) in [6, 6.07) is 0. The Labute approximate surface area is 109 Å². The Morgan fingerprint density at radius 2 is 1.94 bits per heavy atom. The number of aliphatic hydroxyl groups excluding tert-OH is 1. The van der Waals surface area contributed by atoms with E-state index in [1.165, 1.54) is 0 Å². The van der Waals surface area contributed by atoms with Crippen molar-refractivity contribution in [3.05, 3.63) is 11.4 Å². The molecule has 0 aliphatic rings. The number of aromatic nitrogens is 2. The standard InChI is InChI=1S/C13H24N4O/c1-8(18)6-7-15-11-9(2)10(14)16-12(17-11)13(3,4)5/h8,18H,6-7H2,1-5H3,(H3,14,15,16,17). The summed E-state index contributed by atoms with van der Waals surface area (Å²) < 4.78 is 0. The Morgan fingerprint density at radius 1 is 1.33 bits per heavy atom. The van der Waals surface area contributed by atoms with Crippen LogP contribution in [0.3, 0.4) is 0 Å². The van der Waals surface area contributed by atoms with Crippen molar-refractivity contribution in [1.82, 2.24) is 9.97 Å². The highest BCUT2D eigenvalue weighted by molar-refractivity contribution is 5.55. The lowest BCUT2D eigenvalue weighted by molar-refractivity contribution is 0.188. The van der Waals surface area contributed by atoms with E-state index in [4.69, 9.17) is 5.73 Å². The average Bonchev–Trinajstić information content (AvgIpc) is 2.22. The Morgan fingerprint density at radius 3 is 2.44 bits per heavy atom. The highest BCUT2D eigenvalue weighted by atomic mass is 16.3. The van der Waals surface area contributed by atoms with E-state index in [2.05, 4.69) is 36.1 Å². The molecule has 0 saturated heterocycles. The second-order valence-electron chi connectivity index (χ2n) is 5.72. The van der Waals surface area contributed by atoms with Crippen molar-refractivity contribution in [2.45, 2.75) is 52.6 Å². The Hall–Kier alpha value is -1.36. The van der Waals surface area contributed by atoms with Gasteiger partial charge in [-0.25, -0.2) is 9.97 Å². The number of hydrogen-bond donors (Lipinski definition) is 3. The zero-order valence-electron chi connectivity index (χ0n) is 11.9. The monoisotopic (exact) mass is 252 g/mol. The first-order valence-corrected chi connectivity index (χ1v) is 6.28. The molecule has 18 heavy (non-hydrogen) atoms. The Bertz CT molecular complexity index is 410. The molecule has 0 spiro atoms. The zero-order valence-corrected chi connectivity index (χ0v) is 11.9. The van der Waals surface area contributed by atoms with E-state index in [0.29, 0.717) is 18.8 Å². The van der Waals surface area contributed by atoms with Crippen molar-refractivity contribution in [2.75, 3.05) is 17.6 Å². The first-order chi connectivity index (χ1) is 8.21. The van der Waals surface area contributed by atoms with Crippen molar-refractivity contribution in [2.24, 2.45) is 0 Å². The first-order valence-electron chi connectivity index (χ1n) is 6.28. The molecule has 4 N–H and O–H groups in total. The fraction of sp³-hybridized carbons (Fsp3) is 0.692. The van der Waals surface area contributed by atoms with Gasteiger partial charge in [0.25, 0.3) is 0 Å². The normalized spacial score (nSPS) is 13.4. The SMILES string of the molecule is Cc1c(N)nc(C(C)(C)C)nc1NCCC(C)O. The van der Waals surface area contributed by atoms with Crippen molar-refractivity contribution < 1.29 is 5.11 Å². The summed E-state index contributed by atoms with van der Waals surface area (Å²) in [5.74, 6) is 1.99. The van der Waals surface area contributed by atoms with E-state index in [9.17, 15) is 5.11 Å². The number of nitrogens with zero attached hydrogens (tertiary/aromatic N) is 2. The Balaban J connectivity index is 2.93. The molecule has 102 valence electrons. The third-order valence-electron chi connectivity index (χ3n) is 2.71. The maximum absolute atomic E-state index is 9.24. The third kappa shape index (κ3) is 3.84. The summed E-state index contributed by atoms with van der Waals surface area (Å²) in [5.41, 5.74) is 6.63. The van der Waals surface area contributed by atoms with E-state index < -0.39 is 0 Å². The van der Waals surface area contributed by atoms with Gasteiger partial charge >= 0.3 is 0 Å². The van der Waals surface area contributed by atoms with Gasteiger partial charge in [0.2, 0.25) is 0 Å². The molecule has 5 nitrogen and oxygen atoms in total. The Kier molecular flexibility index (Phi) is 4.51. The lowest BCUT2D eigenvalue weighted by Crippen LogP contribution is -2.20. The number of nitrogens with one attached hydrogen (secondary N) is 1. The van der Waals surface area contributed by atoms with Gasteiger partial charge in [0.05, 0.1) is 6.10 Å². The third-order valence-corrected chi connectivity index (χ3v) is 2.71. The molecule has 1 heterocycles. The second kappa shape index (κ2) is 5.52. The summed E-state index contributed by atoms with van der Waals surface area (Å²) in [4.78, 5) is 8.84. The van der Waals surface area contributed by atoms with Gasteiger partial charge in [-0.1, -0.05) is 20.8 Å². The molecule has 1 rings (SSSR count). The highest BCUT2D eigenvalue weighted by Gasteiger charge is 2.20. The number of aliphatic hydroxyl groups is 1. The van der Waals surface area contributed by atoms with Gasteiger partial charge in [-0.05, 0) is 20.3 Å². The molecule has 0 bridgehead atoms. The van der Waals surface area contributed by atoms with E-state index in [1.807, 2.05) is 6.92 Å². The summed E-state index contributed by atoms with van der Waals surface area (Å²) in [6.45, 7) is 10.5. The van der Waals surface area contributed by atoms with Crippen LogP contribution in [0, 0.1) is 6.92 Å². The van der Waals surface area contributed by atoms with E-state index in [0.717, 1.165) is 17.2 Å². The predicted molar refractivity (Wildman–Crippen MR) is 74.7 cm³/mol. The number of anilines is 2. The molecule has 1 atom stereocenters. The van der Waals surface area contributed by atoms with Crippen molar-refractivity contribution >= 4 is 11.6 Å². The van der Waals surface area contributed by atoms with Crippen LogP contribution in [0.15, 0.2) is 0 Å². The minimum atomic E-state index is -0.320. The lowest BCUT2D eigenvalue weighted by atomic mass is 9.95. The average molecular weight is 252 g/mol. The molecule has 0 aliphatic heterocycles. The molecular formula is C13H24N4O. The van der Waals surface area contributed by atoms with Gasteiger partial charge in [-0.2, -0.15) is 0 Å². The van der Waals surface area contributed by atoms with Crippen LogP contribution in [-0.2, 0) is 5.41 Å². The molecule has 0 amide bonds. The highest BCUT2D eigenvalue weighted by Crippen LogP contribution is 2.24. The number of hydrogen-bond acceptors (Lipinski definition) is 5. The van der Waals surface area contributed by atoms with Gasteiger partial charge in [0, 0.05) is 17.5 Å². The molecule has 0 saturated carbocycles. The van der Waals surface area contributed by atoms with Crippen LogP contribution < -0.4 is 11.1 Å². The lowest BCUT2D eigenvalue weighted by Gasteiger charge is -2.20. The topological polar surface area (TPSA) is 84.1 Å². The maximum atomic E-state index is 9.24. The molecule has 0 fully saturated rings. The molecule has 0 aliphatic carbocycles. The van der Waals surface area contributed by atoms with E-state index in [-0.39, 0.29) is 11.5 Å². The predicted octanol–water partition coefficient (Wildman–Crippen LogP) is 1.85. The number of nitrogen functional groups attached to an aromatic ring is 1. The summed E-state index contributed by atoms with van der Waals surface area (Å²) in [5, 5.41) is 12.4. The van der Waals surface area contributed by atoms with Crippen molar-refractivity contribution in [1.29, 1.82) is 0 Å². The second-order valence-corrected chi connectivity index (χ2v) is 5.72. The number of nitrogens with two attached hydrogens (primary N) is 1. The van der Waals surface area contributed by atoms with Crippen LogP contribution in [-0.4, -0.2) is 27.7 Å². The van der Waals surface area contributed by atoms with Crippen LogP contribution in [0.4, 0.5) is 11.6 Å². The van der Waals surface area contributed by atoms with Gasteiger partial charge in [-0.15, -0.1) is 0 Å². The summed E-state index contributed by atoms with van der Waals surface area (Å²) >= 11 is 0. The van der Waals surface area contributed by atoms with Crippen LogP contribution in [0.25, 0.3) is 0 Å². The fourth-order valence-corrected chi connectivity index (χ4v) is 1.44. The largest absolute Gasteiger partial charge is 0.393 e. The van der Waals surface area contributed by atoms with Crippen molar-refractivity contribution in [3.63, 3.8) is 0 Å². The van der Waals surface area contributed by atoms with Crippen LogP contribution >= 0.6 is 0 Å². The molecule has 5 heteroatoms. The zero-order chi connectivity index (χ0) is 13.9. The van der Waals surface area contributed by atoms with Gasteiger partial charge in [0.15, 0.2) is 0 Å². The molecule has 1 aromatic heterocycles. The van der Waals surface area contributed by atoms with Crippen LogP contribution in [0.2, 0.25) is 0 Å². The van der Waals surface area contributed by atoms with E-state index in [1.54, 1.807) is 6.92 Å². The van der Waals surface area contributed by atoms with Crippen LogP contribution in [0.5, 0.6) is 0 Å². The fourth-order valence-electron chi connectivity index (χ4n) is 1.44. The maximum Gasteiger partial charge on any atom is 0.138 e. The number of rotatable bonds is 4. The molecule has 1 aromatic rings. The molecule has 1 unspecified atom stereocenters. The van der Waals surface area contributed by atoms with Gasteiger partial charge < -0.3 is 16.2 Å².